The number of hydrogen-bond donors (Lipinski definition) is 3. The number of phenolic OH excluding ortho intramolecular Hbond substituents is 1. The van der Waals surface area contributed by atoms with E-state index in [1.54, 1.807) is 42.5 Å². The van der Waals surface area contributed by atoms with E-state index in [9.17, 15) is 14.7 Å². The van der Waals surface area contributed by atoms with E-state index in [1.165, 1.54) is 13.3 Å². The fourth-order valence-corrected chi connectivity index (χ4v) is 2.17. The van der Waals surface area contributed by atoms with Crippen LogP contribution < -0.4 is 20.2 Å². The lowest BCUT2D eigenvalue weighted by Gasteiger charge is -2.07. The molecule has 3 N–H and O–H groups in total. The minimum atomic E-state index is -0.586. The lowest BCUT2D eigenvalue weighted by molar-refractivity contribution is -0.126. The summed E-state index contributed by atoms with van der Waals surface area (Å²) in [5.41, 5.74) is 3.16. The molecule has 2 amide bonds. The van der Waals surface area contributed by atoms with Crippen molar-refractivity contribution in [1.82, 2.24) is 5.43 Å². The van der Waals surface area contributed by atoms with Crippen LogP contribution in [0.2, 0.25) is 0 Å². The number of phenols is 1. The molecule has 0 saturated carbocycles. The van der Waals surface area contributed by atoms with Gasteiger partial charge in [0.15, 0.2) is 11.5 Å². The highest BCUT2D eigenvalue weighted by molar-refractivity contribution is 6.03. The molecule has 0 atom stereocenters. The number of carbonyl (C=O) groups is 2. The van der Waals surface area contributed by atoms with Gasteiger partial charge in [0.25, 0.3) is 0 Å². The summed E-state index contributed by atoms with van der Waals surface area (Å²) in [6.07, 6.45) is 0.870. The van der Waals surface area contributed by atoms with Crippen LogP contribution in [0.5, 0.6) is 17.2 Å². The third kappa shape index (κ3) is 6.03. The third-order valence-electron chi connectivity index (χ3n) is 3.41. The van der Waals surface area contributed by atoms with Crippen LogP contribution in [0.4, 0.5) is 5.69 Å². The van der Waals surface area contributed by atoms with Gasteiger partial charge in [0.1, 0.15) is 12.2 Å². The summed E-state index contributed by atoms with van der Waals surface area (Å²) in [4.78, 5) is 23.7. The molecule has 27 heavy (non-hydrogen) atoms. The maximum Gasteiger partial charge on any atom is 0.249 e. The molecule has 0 bridgehead atoms. The fourth-order valence-electron chi connectivity index (χ4n) is 2.17. The summed E-state index contributed by atoms with van der Waals surface area (Å²) in [6, 6.07) is 11.7. The molecule has 2 aromatic rings. The number of nitrogens with one attached hydrogen (secondary N) is 2. The Labute approximate surface area is 156 Å². The second-order valence-electron chi connectivity index (χ2n) is 5.37. The summed E-state index contributed by atoms with van der Waals surface area (Å²) in [5.74, 6) is -0.164. The van der Waals surface area contributed by atoms with E-state index in [-0.39, 0.29) is 5.75 Å². The second kappa shape index (κ2) is 9.81. The lowest BCUT2D eigenvalue weighted by atomic mass is 10.2. The molecule has 0 fully saturated rings. The van der Waals surface area contributed by atoms with E-state index in [4.69, 9.17) is 9.47 Å². The van der Waals surface area contributed by atoms with Crippen molar-refractivity contribution >= 4 is 23.7 Å². The molecule has 2 rings (SSSR count). The highest BCUT2D eigenvalue weighted by atomic mass is 16.5. The number of nitrogens with zero attached hydrogens (tertiary/aromatic N) is 1. The maximum absolute atomic E-state index is 11.9. The highest BCUT2D eigenvalue weighted by Gasteiger charge is 2.10. The zero-order chi connectivity index (χ0) is 19.6. The second-order valence-corrected chi connectivity index (χ2v) is 5.37. The summed E-state index contributed by atoms with van der Waals surface area (Å²) in [6.45, 7) is 2.44. The van der Waals surface area contributed by atoms with Crippen LogP contribution in [-0.4, -0.2) is 36.9 Å². The molecule has 142 valence electrons. The van der Waals surface area contributed by atoms with Crippen LogP contribution in [0.1, 0.15) is 18.9 Å². The molecular weight excluding hydrogens is 350 g/mol. The molecule has 0 aliphatic heterocycles. The van der Waals surface area contributed by atoms with Crippen LogP contribution in [0.3, 0.4) is 0 Å². The predicted molar refractivity (Wildman–Crippen MR) is 101 cm³/mol. The summed E-state index contributed by atoms with van der Waals surface area (Å²) >= 11 is 0. The summed E-state index contributed by atoms with van der Waals surface area (Å²) in [5, 5.41) is 16.3. The number of hydrazone groups is 1. The van der Waals surface area contributed by atoms with Crippen molar-refractivity contribution in [2.24, 2.45) is 5.10 Å². The van der Waals surface area contributed by atoms with Crippen molar-refractivity contribution < 1.29 is 24.2 Å². The number of carbonyl (C=O) groups excluding carboxylic acids is 2. The first-order valence-corrected chi connectivity index (χ1v) is 8.24. The first-order valence-electron chi connectivity index (χ1n) is 8.24. The van der Waals surface area contributed by atoms with Gasteiger partial charge in [0, 0.05) is 11.3 Å². The van der Waals surface area contributed by atoms with Gasteiger partial charge in [-0.1, -0.05) is 6.07 Å². The van der Waals surface area contributed by atoms with E-state index in [0.717, 1.165) is 0 Å². The van der Waals surface area contributed by atoms with E-state index in [0.29, 0.717) is 29.4 Å². The molecule has 8 nitrogen and oxygen atoms in total. The zero-order valence-corrected chi connectivity index (χ0v) is 15.1. The first-order chi connectivity index (χ1) is 13.0. The largest absolute Gasteiger partial charge is 0.504 e. The highest BCUT2D eigenvalue weighted by Crippen LogP contribution is 2.27. The number of aromatic hydroxyl groups is 1. The Morgan fingerprint density at radius 1 is 1.15 bits per heavy atom. The zero-order valence-electron chi connectivity index (χ0n) is 15.1. The number of anilines is 1. The Morgan fingerprint density at radius 2 is 1.89 bits per heavy atom. The van der Waals surface area contributed by atoms with Gasteiger partial charge < -0.3 is 19.9 Å². The van der Waals surface area contributed by atoms with E-state index < -0.39 is 18.2 Å². The Kier molecular flexibility index (Phi) is 7.18. The van der Waals surface area contributed by atoms with Gasteiger partial charge in [0.2, 0.25) is 11.8 Å². The number of rotatable bonds is 8. The molecule has 0 unspecified atom stereocenters. The average Bonchev–Trinajstić information content (AvgIpc) is 2.65. The number of amides is 2. The predicted octanol–water partition coefficient (Wildman–Crippen LogP) is 2.28. The number of hydrogen-bond acceptors (Lipinski definition) is 6. The van der Waals surface area contributed by atoms with Crippen molar-refractivity contribution in [3.8, 4) is 17.2 Å². The number of benzene rings is 2. The summed E-state index contributed by atoms with van der Waals surface area (Å²) in [7, 11) is 1.43. The smallest absolute Gasteiger partial charge is 0.249 e. The van der Waals surface area contributed by atoms with Crippen LogP contribution in [0.15, 0.2) is 47.6 Å². The van der Waals surface area contributed by atoms with Crippen LogP contribution in [-0.2, 0) is 9.59 Å². The lowest BCUT2D eigenvalue weighted by Crippen LogP contribution is -2.24. The van der Waals surface area contributed by atoms with Gasteiger partial charge in [-0.15, -0.1) is 0 Å². The van der Waals surface area contributed by atoms with Gasteiger partial charge in [-0.25, -0.2) is 5.43 Å². The molecule has 0 aliphatic rings. The average molecular weight is 371 g/mol. The topological polar surface area (TPSA) is 109 Å². The van der Waals surface area contributed by atoms with Gasteiger partial charge in [-0.05, 0) is 43.3 Å². The van der Waals surface area contributed by atoms with Crippen LogP contribution in [0.25, 0.3) is 0 Å². The normalized spacial score (nSPS) is 10.4. The first kappa shape index (κ1) is 19.8. The van der Waals surface area contributed by atoms with Crippen molar-refractivity contribution in [2.75, 3.05) is 19.0 Å². The SMILES string of the molecule is CCOc1ccc(NC(=O)CC(=O)NN=Cc2cccc(OC)c2O)cc1. The molecule has 2 aromatic carbocycles. The van der Waals surface area contributed by atoms with Gasteiger partial charge in [-0.2, -0.15) is 5.10 Å². The molecule has 0 aromatic heterocycles. The molecule has 8 heteroatoms. The number of methoxy groups -OCH3 is 1. The van der Waals surface area contributed by atoms with Crippen LogP contribution >= 0.6 is 0 Å². The fraction of sp³-hybridized carbons (Fsp3) is 0.211. The Morgan fingerprint density at radius 3 is 2.56 bits per heavy atom. The molecule has 0 aliphatic carbocycles. The summed E-state index contributed by atoms with van der Waals surface area (Å²) < 4.78 is 10.3. The van der Waals surface area contributed by atoms with Crippen molar-refractivity contribution in [1.29, 1.82) is 0 Å². The Bertz CT molecular complexity index is 819. The van der Waals surface area contributed by atoms with Gasteiger partial charge in [0.05, 0.1) is 19.9 Å². The number of para-hydroxylation sites is 1. The third-order valence-corrected chi connectivity index (χ3v) is 3.41. The monoisotopic (exact) mass is 371 g/mol. The van der Waals surface area contributed by atoms with E-state index in [2.05, 4.69) is 15.8 Å². The molecular formula is C19H21N3O5. The van der Waals surface area contributed by atoms with E-state index >= 15 is 0 Å². The number of ether oxygens (including phenoxy) is 2. The quantitative estimate of drug-likeness (QED) is 0.375. The standard InChI is InChI=1S/C19H21N3O5/c1-3-27-15-9-7-14(8-10-15)21-17(23)11-18(24)22-20-12-13-5-4-6-16(26-2)19(13)25/h4-10,12,25H,3,11H2,1-2H3,(H,21,23)(H,22,24). The van der Waals surface area contributed by atoms with Gasteiger partial charge >= 0.3 is 0 Å². The van der Waals surface area contributed by atoms with Crippen LogP contribution in [0, 0.1) is 0 Å². The minimum Gasteiger partial charge on any atom is -0.504 e. The Balaban J connectivity index is 1.83. The molecule has 0 saturated heterocycles. The van der Waals surface area contributed by atoms with Gasteiger partial charge in [-0.3, -0.25) is 9.59 Å². The molecule has 0 spiro atoms. The van der Waals surface area contributed by atoms with Crippen molar-refractivity contribution in [3.05, 3.63) is 48.0 Å². The Hall–Kier alpha value is -3.55. The van der Waals surface area contributed by atoms with E-state index in [1.807, 2.05) is 6.92 Å². The minimum absolute atomic E-state index is 0.0914. The maximum atomic E-state index is 11.9. The molecule has 0 radical (unpaired) electrons. The molecule has 0 heterocycles. The van der Waals surface area contributed by atoms with Crippen molar-refractivity contribution in [3.63, 3.8) is 0 Å². The van der Waals surface area contributed by atoms with Crippen molar-refractivity contribution in [2.45, 2.75) is 13.3 Å².